The highest BCUT2D eigenvalue weighted by Gasteiger charge is 2.39. The zero-order valence-electron chi connectivity index (χ0n) is 12.7. The van der Waals surface area contributed by atoms with Crippen molar-refractivity contribution < 1.29 is 14.7 Å². The van der Waals surface area contributed by atoms with Gasteiger partial charge in [0.1, 0.15) is 0 Å². The molecule has 0 radical (unpaired) electrons. The molecule has 0 unspecified atom stereocenters. The highest BCUT2D eigenvalue weighted by atomic mass is 16.4. The Kier molecular flexibility index (Phi) is 6.46. The molecule has 0 spiro atoms. The Morgan fingerprint density at radius 3 is 2.35 bits per heavy atom. The molecule has 1 aliphatic carbocycles. The van der Waals surface area contributed by atoms with Gasteiger partial charge in [0.05, 0.1) is 5.41 Å². The van der Waals surface area contributed by atoms with Crippen molar-refractivity contribution in [2.45, 2.75) is 52.4 Å². The molecule has 0 saturated heterocycles. The second kappa shape index (κ2) is 7.62. The maximum Gasteiger partial charge on any atom is 0.303 e. The van der Waals surface area contributed by atoms with Gasteiger partial charge in [-0.25, -0.2) is 0 Å². The van der Waals surface area contributed by atoms with Gasteiger partial charge in [0.15, 0.2) is 0 Å². The molecular weight excluding hydrogens is 256 g/mol. The topological polar surface area (TPSA) is 92.4 Å². The summed E-state index contributed by atoms with van der Waals surface area (Å²) in [6, 6.07) is 0. The lowest BCUT2D eigenvalue weighted by atomic mass is 9.85. The van der Waals surface area contributed by atoms with Crippen LogP contribution in [-0.4, -0.2) is 30.1 Å². The van der Waals surface area contributed by atoms with E-state index in [0.717, 1.165) is 32.1 Å². The van der Waals surface area contributed by atoms with Gasteiger partial charge in [-0.15, -0.1) is 0 Å². The first-order chi connectivity index (χ1) is 9.39. The van der Waals surface area contributed by atoms with Crippen LogP contribution in [0.25, 0.3) is 0 Å². The third-order valence-corrected chi connectivity index (χ3v) is 4.25. The van der Waals surface area contributed by atoms with Gasteiger partial charge in [-0.2, -0.15) is 0 Å². The molecule has 0 aromatic rings. The van der Waals surface area contributed by atoms with Gasteiger partial charge < -0.3 is 16.2 Å². The summed E-state index contributed by atoms with van der Waals surface area (Å²) in [5.74, 6) is -0.380. The van der Waals surface area contributed by atoms with Crippen molar-refractivity contribution in [2.24, 2.45) is 23.0 Å². The first kappa shape index (κ1) is 17.0. The maximum absolute atomic E-state index is 12.3. The lowest BCUT2D eigenvalue weighted by Gasteiger charge is -2.27. The van der Waals surface area contributed by atoms with Crippen LogP contribution in [0.4, 0.5) is 0 Å². The molecule has 0 aromatic carbocycles. The average molecular weight is 284 g/mol. The summed E-state index contributed by atoms with van der Waals surface area (Å²) in [4.78, 5) is 23.2. The molecule has 1 aliphatic rings. The minimum absolute atomic E-state index is 0.00678. The van der Waals surface area contributed by atoms with E-state index in [1.807, 2.05) is 0 Å². The van der Waals surface area contributed by atoms with E-state index in [2.05, 4.69) is 19.2 Å². The number of carbonyl (C=O) groups is 2. The van der Waals surface area contributed by atoms with Crippen molar-refractivity contribution in [2.75, 3.05) is 13.1 Å². The van der Waals surface area contributed by atoms with Crippen molar-refractivity contribution in [3.63, 3.8) is 0 Å². The van der Waals surface area contributed by atoms with Crippen LogP contribution in [0.3, 0.4) is 0 Å². The Bertz CT molecular complexity index is 336. The van der Waals surface area contributed by atoms with Crippen LogP contribution in [-0.2, 0) is 9.59 Å². The average Bonchev–Trinajstić information content (AvgIpc) is 2.84. The SMILES string of the molecule is CC(C)C[C@H](CNC(=O)C1(CN)CCCC1)CC(=O)O. The molecule has 1 fully saturated rings. The quantitative estimate of drug-likeness (QED) is 0.633. The lowest BCUT2D eigenvalue weighted by Crippen LogP contribution is -2.45. The van der Waals surface area contributed by atoms with E-state index < -0.39 is 11.4 Å². The molecule has 1 atom stereocenters. The number of carbonyl (C=O) groups excluding carboxylic acids is 1. The highest BCUT2D eigenvalue weighted by molar-refractivity contribution is 5.83. The Morgan fingerprint density at radius 2 is 1.90 bits per heavy atom. The predicted molar refractivity (Wildman–Crippen MR) is 78.2 cm³/mol. The highest BCUT2D eigenvalue weighted by Crippen LogP contribution is 2.37. The van der Waals surface area contributed by atoms with E-state index in [4.69, 9.17) is 10.8 Å². The van der Waals surface area contributed by atoms with Gasteiger partial charge in [0.25, 0.3) is 0 Å². The third kappa shape index (κ3) is 4.78. The fourth-order valence-corrected chi connectivity index (χ4v) is 3.15. The number of amides is 1. The normalized spacial score (nSPS) is 19.0. The Labute approximate surface area is 121 Å². The van der Waals surface area contributed by atoms with Crippen LogP contribution in [0.5, 0.6) is 0 Å². The van der Waals surface area contributed by atoms with Crippen molar-refractivity contribution >= 4 is 11.9 Å². The summed E-state index contributed by atoms with van der Waals surface area (Å²) < 4.78 is 0. The molecule has 0 aliphatic heterocycles. The van der Waals surface area contributed by atoms with Crippen molar-refractivity contribution in [1.29, 1.82) is 0 Å². The van der Waals surface area contributed by atoms with Gasteiger partial charge >= 0.3 is 5.97 Å². The third-order valence-electron chi connectivity index (χ3n) is 4.25. The molecule has 116 valence electrons. The van der Waals surface area contributed by atoms with Crippen LogP contribution >= 0.6 is 0 Å². The summed E-state index contributed by atoms with van der Waals surface area (Å²) in [6.45, 7) is 4.95. The summed E-state index contributed by atoms with van der Waals surface area (Å²) in [5, 5.41) is 11.9. The Hall–Kier alpha value is -1.10. The summed E-state index contributed by atoms with van der Waals surface area (Å²) in [5.41, 5.74) is 5.37. The molecule has 1 amide bonds. The smallest absolute Gasteiger partial charge is 0.303 e. The Balaban J connectivity index is 2.52. The first-order valence-electron chi connectivity index (χ1n) is 7.60. The monoisotopic (exact) mass is 284 g/mol. The molecule has 0 heterocycles. The second-order valence-corrected chi connectivity index (χ2v) is 6.50. The number of carboxylic acids is 1. The van der Waals surface area contributed by atoms with Crippen LogP contribution < -0.4 is 11.1 Å². The van der Waals surface area contributed by atoms with Gasteiger partial charge in [0, 0.05) is 19.5 Å². The maximum atomic E-state index is 12.3. The molecular formula is C15H28N2O3. The van der Waals surface area contributed by atoms with Crippen LogP contribution in [0.2, 0.25) is 0 Å². The predicted octanol–water partition coefficient (Wildman–Crippen LogP) is 1.76. The zero-order chi connectivity index (χ0) is 15.2. The van der Waals surface area contributed by atoms with Crippen LogP contribution in [0, 0.1) is 17.3 Å². The zero-order valence-corrected chi connectivity index (χ0v) is 12.7. The molecule has 20 heavy (non-hydrogen) atoms. The van der Waals surface area contributed by atoms with Gasteiger partial charge in [0.2, 0.25) is 5.91 Å². The largest absolute Gasteiger partial charge is 0.481 e. The lowest BCUT2D eigenvalue weighted by molar-refractivity contribution is -0.138. The van der Waals surface area contributed by atoms with Crippen molar-refractivity contribution in [1.82, 2.24) is 5.32 Å². The number of hydrogen-bond acceptors (Lipinski definition) is 3. The van der Waals surface area contributed by atoms with Crippen LogP contribution in [0.15, 0.2) is 0 Å². The van der Waals surface area contributed by atoms with E-state index >= 15 is 0 Å². The van der Waals surface area contributed by atoms with E-state index in [9.17, 15) is 9.59 Å². The van der Waals surface area contributed by atoms with Crippen molar-refractivity contribution in [3.8, 4) is 0 Å². The number of hydrogen-bond donors (Lipinski definition) is 3. The van der Waals surface area contributed by atoms with E-state index in [1.54, 1.807) is 0 Å². The number of aliphatic carboxylic acids is 1. The van der Waals surface area contributed by atoms with Gasteiger partial charge in [-0.3, -0.25) is 9.59 Å². The molecule has 5 heteroatoms. The van der Waals surface area contributed by atoms with Crippen molar-refractivity contribution in [3.05, 3.63) is 0 Å². The van der Waals surface area contributed by atoms with Gasteiger partial charge in [-0.05, 0) is 31.1 Å². The summed E-state index contributed by atoms with van der Waals surface area (Å²) >= 11 is 0. The van der Waals surface area contributed by atoms with Crippen LogP contribution in [0.1, 0.15) is 52.4 Å². The molecule has 4 N–H and O–H groups in total. The second-order valence-electron chi connectivity index (χ2n) is 6.50. The number of carboxylic acid groups (broad SMARTS) is 1. The fraction of sp³-hybridized carbons (Fsp3) is 0.867. The first-order valence-corrected chi connectivity index (χ1v) is 7.60. The summed E-state index contributed by atoms with van der Waals surface area (Å²) in [7, 11) is 0. The molecule has 1 saturated carbocycles. The molecule has 1 rings (SSSR count). The molecule has 0 aromatic heterocycles. The van der Waals surface area contributed by atoms with E-state index in [1.165, 1.54) is 0 Å². The number of nitrogens with two attached hydrogens (primary N) is 1. The molecule has 5 nitrogen and oxygen atoms in total. The number of rotatable bonds is 8. The molecule has 0 bridgehead atoms. The van der Waals surface area contributed by atoms with E-state index in [0.29, 0.717) is 19.0 Å². The van der Waals surface area contributed by atoms with Gasteiger partial charge in [-0.1, -0.05) is 26.7 Å². The Morgan fingerprint density at radius 1 is 1.30 bits per heavy atom. The minimum atomic E-state index is -0.806. The fourth-order valence-electron chi connectivity index (χ4n) is 3.15. The number of nitrogens with one attached hydrogen (secondary N) is 1. The van der Waals surface area contributed by atoms with E-state index in [-0.39, 0.29) is 18.2 Å². The minimum Gasteiger partial charge on any atom is -0.481 e. The standard InChI is InChI=1S/C15H28N2O3/c1-11(2)7-12(8-13(18)19)9-17-14(20)15(10-16)5-3-4-6-15/h11-12H,3-10,16H2,1-2H3,(H,17,20)(H,18,19)/t12-/m0/s1. The summed E-state index contributed by atoms with van der Waals surface area (Å²) in [6.07, 6.45) is 4.72.